The van der Waals surface area contributed by atoms with E-state index in [-0.39, 0.29) is 17.3 Å². The average Bonchev–Trinajstić information content (AvgIpc) is 3.25. The van der Waals surface area contributed by atoms with Crippen LogP contribution in [0.4, 0.5) is 19.0 Å². The summed E-state index contributed by atoms with van der Waals surface area (Å²) in [5.41, 5.74) is 0.651. The molecule has 5 rings (SSSR count). The number of carbonyl (C=O) groups is 2. The molecule has 9 nitrogen and oxygen atoms in total. The highest BCUT2D eigenvalue weighted by molar-refractivity contribution is 6.13. The first-order chi connectivity index (χ1) is 19.1. The maximum atomic E-state index is 13.4. The lowest BCUT2D eigenvalue weighted by Gasteiger charge is -2.34. The molecule has 2 unspecified atom stereocenters. The van der Waals surface area contributed by atoms with Crippen molar-refractivity contribution < 1.29 is 27.4 Å². The van der Waals surface area contributed by atoms with Crippen molar-refractivity contribution in [2.45, 2.75) is 38.4 Å². The van der Waals surface area contributed by atoms with Crippen molar-refractivity contribution in [1.82, 2.24) is 9.88 Å². The molecule has 1 aromatic carbocycles. The summed E-state index contributed by atoms with van der Waals surface area (Å²) < 4.78 is 39.1. The van der Waals surface area contributed by atoms with E-state index in [1.165, 1.54) is 12.3 Å². The molecule has 4 heterocycles. The van der Waals surface area contributed by atoms with Crippen molar-refractivity contribution in [2.75, 3.05) is 11.9 Å². The Balaban J connectivity index is 1.54. The first-order valence-electron chi connectivity index (χ1n) is 12.5. The van der Waals surface area contributed by atoms with Gasteiger partial charge in [-0.05, 0) is 56.4 Å². The normalized spacial score (nSPS) is 21.9. The zero-order valence-corrected chi connectivity index (χ0v) is 21.4. The Labute approximate surface area is 228 Å². The molecule has 0 spiro atoms. The van der Waals surface area contributed by atoms with Crippen LogP contribution in [0.15, 0.2) is 76.4 Å². The van der Waals surface area contributed by atoms with Crippen molar-refractivity contribution in [3.8, 4) is 11.8 Å². The maximum Gasteiger partial charge on any atom is 0.416 e. The van der Waals surface area contributed by atoms with Gasteiger partial charge in [-0.1, -0.05) is 18.1 Å². The molecule has 3 aliphatic heterocycles. The van der Waals surface area contributed by atoms with Crippen LogP contribution < -0.4 is 11.2 Å². The van der Waals surface area contributed by atoms with E-state index in [1.807, 2.05) is 0 Å². The molecule has 12 heteroatoms. The lowest BCUT2D eigenvalue weighted by atomic mass is 9.98. The first-order valence-corrected chi connectivity index (χ1v) is 12.5. The van der Waals surface area contributed by atoms with Crippen LogP contribution in [0, 0.1) is 11.8 Å². The second-order valence-corrected chi connectivity index (χ2v) is 9.37. The topological polar surface area (TPSA) is 113 Å². The number of nitrogens with one attached hydrogen (secondary N) is 1. The highest BCUT2D eigenvalue weighted by Crippen LogP contribution is 2.37. The number of carbonyl (C=O) groups excluding carboxylic acids is 2. The molecule has 1 aromatic heterocycles. The third-order valence-electron chi connectivity index (χ3n) is 6.88. The summed E-state index contributed by atoms with van der Waals surface area (Å²) in [4.78, 5) is 40.9. The van der Waals surface area contributed by atoms with Gasteiger partial charge in [0.25, 0.3) is 17.6 Å². The molecule has 3 N–H and O–H groups in total. The van der Waals surface area contributed by atoms with Gasteiger partial charge >= 0.3 is 6.18 Å². The molecule has 3 aliphatic rings. The van der Waals surface area contributed by atoms with E-state index in [2.05, 4.69) is 27.1 Å². The van der Waals surface area contributed by atoms with E-state index in [1.54, 1.807) is 42.4 Å². The van der Waals surface area contributed by atoms with Gasteiger partial charge in [-0.3, -0.25) is 14.6 Å². The molecular formula is C28H25F3N7O2+. The minimum absolute atomic E-state index is 0.133. The standard InChI is InChI=1S/C28H24F3N7O2/c1-2-7-24(39)37-14-6-5-10-21(37)25-22-17-33-13-15-38(22,32)26(36-25)19-8-3-4-9-20(19)27(40)35-23-16-18(11-12-34-23)28(29,30)31/h3-4,8-9,11-13,15-17,21H,5-6,10,14,32H2,1H3/p+1. The highest BCUT2D eigenvalue weighted by atomic mass is 19.4. The Bertz CT molecular complexity index is 1570. The molecule has 0 saturated carbocycles. The number of fused-ring (bicyclic) bond motifs is 1. The Hall–Kier alpha value is -4.60. The number of benzene rings is 1. The average molecular weight is 549 g/mol. The molecule has 2 atom stereocenters. The fourth-order valence-corrected chi connectivity index (χ4v) is 5.00. The van der Waals surface area contributed by atoms with E-state index >= 15 is 0 Å². The lowest BCUT2D eigenvalue weighted by Crippen LogP contribution is -2.53. The number of halogens is 3. The van der Waals surface area contributed by atoms with Gasteiger partial charge in [0, 0.05) is 12.7 Å². The van der Waals surface area contributed by atoms with E-state index in [0.29, 0.717) is 35.8 Å². The van der Waals surface area contributed by atoms with Crippen molar-refractivity contribution in [3.05, 3.63) is 83.1 Å². The third kappa shape index (κ3) is 4.92. The number of nitrogens with two attached hydrogens (primary N) is 1. The summed E-state index contributed by atoms with van der Waals surface area (Å²) in [6, 6.07) is 7.71. The molecule has 40 heavy (non-hydrogen) atoms. The van der Waals surface area contributed by atoms with Gasteiger partial charge in [0.05, 0.1) is 35.1 Å². The molecule has 0 aliphatic carbocycles. The Morgan fingerprint density at radius 2 is 2.00 bits per heavy atom. The van der Waals surface area contributed by atoms with Gasteiger partial charge in [0.15, 0.2) is 0 Å². The smallest absolute Gasteiger partial charge is 0.323 e. The summed E-state index contributed by atoms with van der Waals surface area (Å²) in [5, 5.41) is 2.45. The van der Waals surface area contributed by atoms with Gasteiger partial charge in [-0.25, -0.2) is 4.98 Å². The zero-order chi connectivity index (χ0) is 28.5. The minimum Gasteiger partial charge on any atom is -0.323 e. The molecule has 2 aromatic rings. The van der Waals surface area contributed by atoms with Crippen LogP contribution in [0.1, 0.15) is 47.7 Å². The van der Waals surface area contributed by atoms with E-state index in [9.17, 15) is 22.8 Å². The Kier molecular flexibility index (Phi) is 7.10. The number of allylic oxidation sites excluding steroid dienone is 1. The molecule has 0 radical (unpaired) electrons. The number of hydrogen-bond acceptors (Lipinski definition) is 6. The highest BCUT2D eigenvalue weighted by Gasteiger charge is 2.48. The first kappa shape index (κ1) is 27.0. The van der Waals surface area contributed by atoms with Gasteiger partial charge < -0.3 is 10.2 Å². The van der Waals surface area contributed by atoms with Crippen LogP contribution in [0.25, 0.3) is 0 Å². The van der Waals surface area contributed by atoms with Gasteiger partial charge in [0.2, 0.25) is 5.70 Å². The van der Waals surface area contributed by atoms with Gasteiger partial charge in [0.1, 0.15) is 17.7 Å². The van der Waals surface area contributed by atoms with Gasteiger partial charge in [-0.15, -0.1) is 4.59 Å². The number of amides is 2. The quantitative estimate of drug-likeness (QED) is 0.342. The van der Waals surface area contributed by atoms with Crippen molar-refractivity contribution in [3.63, 3.8) is 0 Å². The predicted molar refractivity (Wildman–Crippen MR) is 142 cm³/mol. The molecular weight excluding hydrogens is 523 g/mol. The number of quaternary nitrogens is 1. The number of likely N-dealkylation sites (tertiary alicyclic amines) is 1. The summed E-state index contributed by atoms with van der Waals surface area (Å²) in [7, 11) is 0. The monoisotopic (exact) mass is 548 g/mol. The Morgan fingerprint density at radius 3 is 2.77 bits per heavy atom. The number of rotatable bonds is 4. The van der Waals surface area contributed by atoms with Crippen LogP contribution >= 0.6 is 0 Å². The Morgan fingerprint density at radius 1 is 1.20 bits per heavy atom. The van der Waals surface area contributed by atoms with Crippen LogP contribution in [-0.2, 0) is 11.0 Å². The van der Waals surface area contributed by atoms with Gasteiger partial charge in [-0.2, -0.15) is 24.0 Å². The summed E-state index contributed by atoms with van der Waals surface area (Å²) >= 11 is 0. The van der Waals surface area contributed by atoms with Crippen LogP contribution in [0.3, 0.4) is 0 Å². The summed E-state index contributed by atoms with van der Waals surface area (Å²) in [5.74, 6) is 11.2. The van der Waals surface area contributed by atoms with E-state index < -0.39 is 28.3 Å². The lowest BCUT2D eigenvalue weighted by molar-refractivity contribution is -0.750. The minimum atomic E-state index is -4.59. The molecule has 2 amide bonds. The third-order valence-corrected chi connectivity index (χ3v) is 6.88. The number of hydrogen-bond donors (Lipinski definition) is 2. The fourth-order valence-electron chi connectivity index (χ4n) is 5.00. The van der Waals surface area contributed by atoms with E-state index in [0.717, 1.165) is 31.2 Å². The van der Waals surface area contributed by atoms with Crippen molar-refractivity contribution >= 4 is 29.7 Å². The fraction of sp³-hybridized carbons (Fsp3) is 0.250. The SMILES string of the molecule is CC#CC(=O)N1CCCCC1C1=C2C=NC=C[N+]2(N)C(c2ccccc2C(=O)Nc2cc(C(F)(F)F)ccn2)=N1. The molecule has 1 fully saturated rings. The number of nitrogens with zero attached hydrogens (tertiary/aromatic N) is 5. The van der Waals surface area contributed by atoms with Crippen LogP contribution in [0.2, 0.25) is 0 Å². The number of amidine groups is 1. The number of anilines is 1. The largest absolute Gasteiger partial charge is 0.416 e. The predicted octanol–water partition coefficient (Wildman–Crippen LogP) is 3.98. The summed E-state index contributed by atoms with van der Waals surface area (Å²) in [6.07, 6.45) is 3.46. The maximum absolute atomic E-state index is 13.4. The molecule has 204 valence electrons. The number of pyridine rings is 1. The summed E-state index contributed by atoms with van der Waals surface area (Å²) in [6.45, 7) is 2.11. The number of piperidine rings is 1. The van der Waals surface area contributed by atoms with Crippen LogP contribution in [-0.4, -0.2) is 50.9 Å². The molecule has 1 saturated heterocycles. The van der Waals surface area contributed by atoms with Crippen LogP contribution in [0.5, 0.6) is 0 Å². The number of aromatic nitrogens is 1. The number of alkyl halides is 3. The van der Waals surface area contributed by atoms with Crippen molar-refractivity contribution in [2.24, 2.45) is 15.8 Å². The zero-order valence-electron chi connectivity index (χ0n) is 21.4. The van der Waals surface area contributed by atoms with E-state index in [4.69, 9.17) is 10.8 Å². The molecule has 0 bridgehead atoms. The second-order valence-electron chi connectivity index (χ2n) is 9.37. The van der Waals surface area contributed by atoms with Crippen molar-refractivity contribution in [1.29, 1.82) is 0 Å². The second kappa shape index (κ2) is 10.5. The number of aliphatic imine (C=N–C) groups is 2.